The van der Waals surface area contributed by atoms with E-state index in [2.05, 4.69) is 33.0 Å². The lowest BCUT2D eigenvalue weighted by Crippen LogP contribution is -2.42. The van der Waals surface area contributed by atoms with Gasteiger partial charge in [0.05, 0.1) is 22.5 Å². The highest BCUT2D eigenvalue weighted by Gasteiger charge is 2.69. The SMILES string of the molecule is O=C1[C@H]2[C@H]3C[C@@H]([C@@H]2C(=O)N1c1ccc(Br)cc1)[C@H]1[C@H](c2ccc(OCc4ccc(Cl)cc4)cc2)c2sc(=O)[nH]c2S[C@H]31. The number of nitrogens with one attached hydrogen (secondary N) is 1. The average Bonchev–Trinajstić information content (AvgIpc) is 3.72. The monoisotopic (exact) mass is 678 g/mol. The van der Waals surface area contributed by atoms with E-state index in [9.17, 15) is 14.4 Å². The van der Waals surface area contributed by atoms with Crippen molar-refractivity contribution in [1.82, 2.24) is 4.98 Å². The summed E-state index contributed by atoms with van der Waals surface area (Å²) in [6.45, 7) is 0.433. The van der Waals surface area contributed by atoms with Crippen LogP contribution in [0.1, 0.15) is 28.3 Å². The molecule has 4 aliphatic rings. The predicted molar refractivity (Wildman–Crippen MR) is 167 cm³/mol. The molecule has 2 aliphatic carbocycles. The molecule has 1 N–H and O–H groups in total. The van der Waals surface area contributed by atoms with Crippen LogP contribution in [0.2, 0.25) is 5.02 Å². The van der Waals surface area contributed by atoms with Gasteiger partial charge in [0.2, 0.25) is 11.8 Å². The molecule has 212 valence electrons. The first-order valence-corrected chi connectivity index (χ1v) is 16.7. The van der Waals surface area contributed by atoms with E-state index in [1.54, 1.807) is 11.8 Å². The van der Waals surface area contributed by atoms with Crippen molar-refractivity contribution in [3.8, 4) is 5.75 Å². The lowest BCUT2D eigenvalue weighted by Gasteiger charge is -2.43. The van der Waals surface area contributed by atoms with Crippen LogP contribution in [0.25, 0.3) is 0 Å². The number of H-pyrrole nitrogens is 1. The number of benzene rings is 3. The number of hydrogen-bond donors (Lipinski definition) is 1. The Morgan fingerprint density at radius 2 is 1.60 bits per heavy atom. The number of thiazole rings is 1. The molecule has 42 heavy (non-hydrogen) atoms. The molecule has 1 saturated heterocycles. The van der Waals surface area contributed by atoms with Crippen molar-refractivity contribution in [1.29, 1.82) is 0 Å². The standard InChI is InChI=1S/C32H24BrClN2O4S2/c33-17-5-9-19(10-6-17)36-30(37)25-21-13-22(26(25)31(36)38)27-24(21)23(28-29(41-27)35-32(39)42-28)16-3-11-20(12-4-16)40-14-15-1-7-18(34)8-2-15/h1-12,21-27H,13-14H2,(H,35,39)/t21-,22-,23+,24+,25+,26+,27-/m1/s1. The third-order valence-corrected chi connectivity index (χ3v) is 12.7. The number of amides is 2. The van der Waals surface area contributed by atoms with Gasteiger partial charge in [-0.3, -0.25) is 19.3 Å². The van der Waals surface area contributed by atoms with Gasteiger partial charge >= 0.3 is 4.87 Å². The number of ether oxygens (including phenoxy) is 1. The maximum absolute atomic E-state index is 13.9. The topological polar surface area (TPSA) is 79.5 Å². The lowest BCUT2D eigenvalue weighted by molar-refractivity contribution is -0.123. The first-order chi connectivity index (χ1) is 20.4. The van der Waals surface area contributed by atoms with Crippen molar-refractivity contribution in [3.05, 3.63) is 108 Å². The molecule has 10 heteroatoms. The number of hydrogen-bond acceptors (Lipinski definition) is 6. The average molecular weight is 680 g/mol. The second-order valence-corrected chi connectivity index (χ2v) is 15.0. The highest BCUT2D eigenvalue weighted by Crippen LogP contribution is 2.68. The first kappa shape index (κ1) is 26.8. The van der Waals surface area contributed by atoms with Crippen molar-refractivity contribution in [2.75, 3.05) is 4.90 Å². The Morgan fingerprint density at radius 3 is 2.31 bits per heavy atom. The van der Waals surface area contributed by atoms with Crippen LogP contribution in [0.3, 0.4) is 0 Å². The summed E-state index contributed by atoms with van der Waals surface area (Å²) in [6.07, 6.45) is 0.862. The van der Waals surface area contributed by atoms with Crippen LogP contribution in [0.5, 0.6) is 5.75 Å². The second-order valence-electron chi connectivity index (χ2n) is 11.4. The van der Waals surface area contributed by atoms with E-state index < -0.39 is 0 Å². The summed E-state index contributed by atoms with van der Waals surface area (Å²) in [6, 6.07) is 23.1. The minimum atomic E-state index is -0.324. The van der Waals surface area contributed by atoms with Crippen LogP contribution in [0.4, 0.5) is 5.69 Å². The molecule has 2 aliphatic heterocycles. The quantitative estimate of drug-likeness (QED) is 0.228. The first-order valence-electron chi connectivity index (χ1n) is 13.9. The van der Waals surface area contributed by atoms with E-state index in [0.717, 1.165) is 37.7 Å². The molecule has 0 radical (unpaired) electrons. The Labute approximate surface area is 263 Å². The van der Waals surface area contributed by atoms with Gasteiger partial charge in [0.15, 0.2) is 0 Å². The van der Waals surface area contributed by atoms with E-state index in [4.69, 9.17) is 16.3 Å². The molecule has 1 aromatic heterocycles. The van der Waals surface area contributed by atoms with Crippen molar-refractivity contribution < 1.29 is 14.3 Å². The van der Waals surface area contributed by atoms with Crippen LogP contribution in [-0.4, -0.2) is 22.0 Å². The molecule has 3 fully saturated rings. The molecule has 2 bridgehead atoms. The summed E-state index contributed by atoms with van der Waals surface area (Å²) in [7, 11) is 0. The highest BCUT2D eigenvalue weighted by molar-refractivity contribution is 9.10. The molecular formula is C32H24BrClN2O4S2. The number of carbonyl (C=O) groups is 2. The van der Waals surface area contributed by atoms with Gasteiger partial charge < -0.3 is 9.72 Å². The van der Waals surface area contributed by atoms with Crippen LogP contribution < -0.4 is 14.5 Å². The number of anilines is 1. The van der Waals surface area contributed by atoms with E-state index in [-0.39, 0.29) is 57.4 Å². The molecule has 2 saturated carbocycles. The Morgan fingerprint density at radius 1 is 0.905 bits per heavy atom. The molecular weight excluding hydrogens is 656 g/mol. The van der Waals surface area contributed by atoms with Gasteiger partial charge in [-0.05, 0) is 83.8 Å². The molecule has 2 amide bonds. The zero-order valence-corrected chi connectivity index (χ0v) is 26.0. The van der Waals surface area contributed by atoms with Crippen molar-refractivity contribution in [2.45, 2.75) is 29.2 Å². The summed E-state index contributed by atoms with van der Waals surface area (Å²) in [5, 5.41) is 1.75. The molecule has 3 aromatic carbocycles. The van der Waals surface area contributed by atoms with E-state index in [1.165, 1.54) is 16.2 Å². The fraction of sp³-hybridized carbons (Fsp3) is 0.281. The summed E-state index contributed by atoms with van der Waals surface area (Å²) >= 11 is 12.4. The number of halogens is 2. The molecule has 8 rings (SSSR count). The minimum absolute atomic E-state index is 0.0268. The summed E-state index contributed by atoms with van der Waals surface area (Å²) < 4.78 is 6.94. The maximum atomic E-state index is 13.9. The zero-order valence-electron chi connectivity index (χ0n) is 22.0. The molecule has 6 nitrogen and oxygen atoms in total. The van der Waals surface area contributed by atoms with Crippen LogP contribution in [0.15, 0.2) is 87.1 Å². The van der Waals surface area contributed by atoms with Crippen LogP contribution >= 0.6 is 50.6 Å². The maximum Gasteiger partial charge on any atom is 0.305 e. The van der Waals surface area contributed by atoms with Gasteiger partial charge in [0, 0.05) is 25.5 Å². The fourth-order valence-electron chi connectivity index (χ4n) is 7.75. The minimum Gasteiger partial charge on any atom is -0.489 e. The van der Waals surface area contributed by atoms with Gasteiger partial charge in [-0.25, -0.2) is 0 Å². The molecule has 0 unspecified atom stereocenters. The second kappa shape index (κ2) is 10.1. The number of aromatic amines is 1. The third kappa shape index (κ3) is 4.15. The van der Waals surface area contributed by atoms with E-state index >= 15 is 0 Å². The molecule has 0 spiro atoms. The van der Waals surface area contributed by atoms with Gasteiger partial charge in [0.25, 0.3) is 0 Å². The van der Waals surface area contributed by atoms with Crippen LogP contribution in [-0.2, 0) is 16.2 Å². The number of carbonyl (C=O) groups excluding carboxylic acids is 2. The molecule has 7 atom stereocenters. The van der Waals surface area contributed by atoms with Crippen molar-refractivity contribution in [2.24, 2.45) is 29.6 Å². The van der Waals surface area contributed by atoms with E-state index in [0.29, 0.717) is 17.3 Å². The Hall–Kier alpha value is -2.85. The lowest BCUT2D eigenvalue weighted by atomic mass is 9.68. The largest absolute Gasteiger partial charge is 0.489 e. The van der Waals surface area contributed by atoms with Crippen molar-refractivity contribution in [3.63, 3.8) is 0 Å². The number of imide groups is 1. The van der Waals surface area contributed by atoms with Gasteiger partial charge in [-0.15, -0.1) is 11.8 Å². The van der Waals surface area contributed by atoms with Gasteiger partial charge in [-0.2, -0.15) is 0 Å². The van der Waals surface area contributed by atoms with Gasteiger partial charge in [0.1, 0.15) is 12.4 Å². The zero-order chi connectivity index (χ0) is 28.7. The van der Waals surface area contributed by atoms with Crippen molar-refractivity contribution >= 4 is 68.1 Å². The normalized spacial score (nSPS) is 29.0. The van der Waals surface area contributed by atoms with E-state index in [1.807, 2.05) is 60.7 Å². The summed E-state index contributed by atoms with van der Waals surface area (Å²) in [5.41, 5.74) is 2.76. The number of nitrogens with zero attached hydrogens (tertiary/aromatic N) is 1. The number of aromatic nitrogens is 1. The third-order valence-electron chi connectivity index (χ3n) is 9.37. The number of rotatable bonds is 5. The number of fused-ring (bicyclic) bond motifs is 9. The highest BCUT2D eigenvalue weighted by atomic mass is 79.9. The fourth-order valence-corrected chi connectivity index (χ4v) is 11.0. The number of thioether (sulfide) groups is 1. The Balaban J connectivity index is 1.11. The Bertz CT molecular complexity index is 1770. The summed E-state index contributed by atoms with van der Waals surface area (Å²) in [5.74, 6) is 0.254. The smallest absolute Gasteiger partial charge is 0.305 e. The molecule has 4 aromatic rings. The van der Waals surface area contributed by atoms with Gasteiger partial charge in [-0.1, -0.05) is 63.1 Å². The summed E-state index contributed by atoms with van der Waals surface area (Å²) in [4.78, 5) is 45.7. The predicted octanol–water partition coefficient (Wildman–Crippen LogP) is 7.11. The Kier molecular flexibility index (Phi) is 6.44. The van der Waals surface area contributed by atoms with Crippen LogP contribution in [0, 0.1) is 29.6 Å². The molecule has 3 heterocycles.